The molecule has 0 amide bonds. The molecule has 1 unspecified atom stereocenters. The Morgan fingerprint density at radius 1 is 1.19 bits per heavy atom. The van der Waals surface area contributed by atoms with Gasteiger partial charge in [-0.1, -0.05) is 36.4 Å². The highest BCUT2D eigenvalue weighted by Crippen LogP contribution is 2.34. The first-order chi connectivity index (χ1) is 10.1. The van der Waals surface area contributed by atoms with Crippen molar-refractivity contribution >= 4 is 23.4 Å². The van der Waals surface area contributed by atoms with Crippen LogP contribution in [-0.4, -0.2) is 6.54 Å². The maximum absolute atomic E-state index is 12.9. The molecule has 1 nitrogen and oxygen atoms in total. The van der Waals surface area contributed by atoms with Crippen molar-refractivity contribution in [3.05, 3.63) is 58.9 Å². The second-order valence-corrected chi connectivity index (χ2v) is 6.44. The average molecular weight is 324 g/mol. The number of hydrogen-bond acceptors (Lipinski definition) is 2. The first-order valence-electron chi connectivity index (χ1n) is 7.06. The molecule has 0 aliphatic rings. The van der Waals surface area contributed by atoms with E-state index in [4.69, 9.17) is 11.6 Å². The normalized spacial score (nSPS) is 12.4. The van der Waals surface area contributed by atoms with Gasteiger partial charge in [0.25, 0.3) is 0 Å². The molecule has 0 aliphatic carbocycles. The molecule has 0 aromatic heterocycles. The molecule has 0 heterocycles. The van der Waals surface area contributed by atoms with Gasteiger partial charge in [-0.2, -0.15) is 0 Å². The molecule has 0 saturated heterocycles. The van der Waals surface area contributed by atoms with Crippen molar-refractivity contribution in [2.24, 2.45) is 0 Å². The van der Waals surface area contributed by atoms with Crippen molar-refractivity contribution in [1.29, 1.82) is 0 Å². The zero-order valence-corrected chi connectivity index (χ0v) is 13.8. The summed E-state index contributed by atoms with van der Waals surface area (Å²) in [5, 5.41) is 4.17. The summed E-state index contributed by atoms with van der Waals surface area (Å²) in [6.45, 7) is 5.27. The summed E-state index contributed by atoms with van der Waals surface area (Å²) < 4.78 is 12.9. The number of rotatable bonds is 6. The Kier molecular flexibility index (Phi) is 6.09. The molecule has 4 heteroatoms. The largest absolute Gasteiger partial charge is 0.310 e. The van der Waals surface area contributed by atoms with Gasteiger partial charge in [0.15, 0.2) is 0 Å². The molecule has 0 aliphatic heterocycles. The van der Waals surface area contributed by atoms with Crippen LogP contribution < -0.4 is 5.32 Å². The predicted octanol–water partition coefficient (Wildman–Crippen LogP) is 5.69. The second kappa shape index (κ2) is 7.83. The molecule has 0 fully saturated rings. The molecule has 2 aromatic rings. The zero-order chi connectivity index (χ0) is 15.2. The van der Waals surface area contributed by atoms with Crippen LogP contribution in [0.2, 0.25) is 5.02 Å². The minimum Gasteiger partial charge on any atom is -0.310 e. The van der Waals surface area contributed by atoms with E-state index in [0.29, 0.717) is 0 Å². The van der Waals surface area contributed by atoms with Crippen LogP contribution in [0.3, 0.4) is 0 Å². The van der Waals surface area contributed by atoms with Gasteiger partial charge >= 0.3 is 0 Å². The molecular formula is C17H19ClFNS. The third-order valence-corrected chi connectivity index (χ3v) is 4.71. The van der Waals surface area contributed by atoms with E-state index in [9.17, 15) is 4.39 Å². The highest BCUT2D eigenvalue weighted by Gasteiger charge is 2.08. The Morgan fingerprint density at radius 2 is 1.90 bits per heavy atom. The smallest absolute Gasteiger partial charge is 0.123 e. The predicted molar refractivity (Wildman–Crippen MR) is 88.7 cm³/mol. The minimum absolute atomic E-state index is 0.225. The van der Waals surface area contributed by atoms with Crippen molar-refractivity contribution in [3.63, 3.8) is 0 Å². The van der Waals surface area contributed by atoms with E-state index in [2.05, 4.69) is 25.2 Å². The quantitative estimate of drug-likeness (QED) is 0.732. The van der Waals surface area contributed by atoms with Gasteiger partial charge in [-0.3, -0.25) is 0 Å². The Bertz CT molecular complexity index is 586. The molecule has 0 saturated carbocycles. The average Bonchev–Trinajstić information content (AvgIpc) is 2.49. The second-order valence-electron chi connectivity index (χ2n) is 4.92. The van der Waals surface area contributed by atoms with Crippen LogP contribution >= 0.6 is 23.4 Å². The lowest BCUT2D eigenvalue weighted by atomic mass is 10.1. The standard InChI is InChI=1S/C17H19ClFNS/c1-3-10-20-12(2)13-4-9-17(16(18)11-13)21-15-7-5-14(19)6-8-15/h4-9,11-12,20H,3,10H2,1-2H3. The first kappa shape index (κ1) is 16.3. The molecule has 2 aromatic carbocycles. The van der Waals surface area contributed by atoms with E-state index in [1.807, 2.05) is 12.1 Å². The van der Waals surface area contributed by atoms with E-state index < -0.39 is 0 Å². The molecule has 0 spiro atoms. The fourth-order valence-corrected chi connectivity index (χ4v) is 3.10. The van der Waals surface area contributed by atoms with Gasteiger partial charge in [0.05, 0.1) is 5.02 Å². The summed E-state index contributed by atoms with van der Waals surface area (Å²) in [5.41, 5.74) is 1.18. The molecule has 0 bridgehead atoms. The highest BCUT2D eigenvalue weighted by atomic mass is 35.5. The maximum Gasteiger partial charge on any atom is 0.123 e. The fraction of sp³-hybridized carbons (Fsp3) is 0.294. The van der Waals surface area contributed by atoms with Crippen LogP contribution in [0.15, 0.2) is 52.3 Å². The molecule has 1 atom stereocenters. The summed E-state index contributed by atoms with van der Waals surface area (Å²) in [5.74, 6) is -0.225. The summed E-state index contributed by atoms with van der Waals surface area (Å²) in [4.78, 5) is 1.96. The van der Waals surface area contributed by atoms with Gasteiger partial charge in [-0.15, -0.1) is 0 Å². The highest BCUT2D eigenvalue weighted by molar-refractivity contribution is 7.99. The molecule has 1 N–H and O–H groups in total. The Balaban J connectivity index is 2.10. The van der Waals surface area contributed by atoms with E-state index in [1.165, 1.54) is 17.7 Å². The monoisotopic (exact) mass is 323 g/mol. The lowest BCUT2D eigenvalue weighted by Gasteiger charge is -2.15. The lowest BCUT2D eigenvalue weighted by Crippen LogP contribution is -2.19. The number of benzene rings is 2. The van der Waals surface area contributed by atoms with Gasteiger partial charge in [0.1, 0.15) is 5.82 Å². The van der Waals surface area contributed by atoms with Crippen molar-refractivity contribution < 1.29 is 4.39 Å². The van der Waals surface area contributed by atoms with Gasteiger partial charge in [-0.05, 0) is 61.9 Å². The molecule has 21 heavy (non-hydrogen) atoms. The number of halogens is 2. The van der Waals surface area contributed by atoms with Crippen molar-refractivity contribution in [1.82, 2.24) is 5.32 Å². The Labute approximate surface area is 134 Å². The fourth-order valence-electron chi connectivity index (χ4n) is 1.98. The van der Waals surface area contributed by atoms with Crippen molar-refractivity contribution in [2.75, 3.05) is 6.54 Å². The molecule has 112 valence electrons. The zero-order valence-electron chi connectivity index (χ0n) is 12.2. The summed E-state index contributed by atoms with van der Waals surface area (Å²) in [6, 6.07) is 12.8. The molecular weight excluding hydrogens is 305 g/mol. The van der Waals surface area contributed by atoms with Gasteiger partial charge in [-0.25, -0.2) is 4.39 Å². The van der Waals surface area contributed by atoms with E-state index in [-0.39, 0.29) is 11.9 Å². The topological polar surface area (TPSA) is 12.0 Å². The van der Waals surface area contributed by atoms with Crippen LogP contribution in [0.25, 0.3) is 0 Å². The molecule has 2 rings (SSSR count). The summed E-state index contributed by atoms with van der Waals surface area (Å²) >= 11 is 7.91. The minimum atomic E-state index is -0.225. The van der Waals surface area contributed by atoms with Crippen LogP contribution in [0, 0.1) is 5.82 Å². The van der Waals surface area contributed by atoms with Crippen molar-refractivity contribution in [2.45, 2.75) is 36.1 Å². The van der Waals surface area contributed by atoms with Crippen LogP contribution in [0.1, 0.15) is 31.9 Å². The Morgan fingerprint density at radius 3 is 2.52 bits per heavy atom. The van der Waals surface area contributed by atoms with E-state index in [0.717, 1.165) is 27.8 Å². The third-order valence-electron chi connectivity index (χ3n) is 3.20. The third kappa shape index (κ3) is 4.73. The van der Waals surface area contributed by atoms with Gasteiger partial charge < -0.3 is 5.32 Å². The van der Waals surface area contributed by atoms with Gasteiger partial charge in [0.2, 0.25) is 0 Å². The van der Waals surface area contributed by atoms with Gasteiger partial charge in [0, 0.05) is 15.8 Å². The van der Waals surface area contributed by atoms with E-state index >= 15 is 0 Å². The van der Waals surface area contributed by atoms with Crippen molar-refractivity contribution in [3.8, 4) is 0 Å². The van der Waals surface area contributed by atoms with Crippen LogP contribution in [-0.2, 0) is 0 Å². The van der Waals surface area contributed by atoms with Crippen LogP contribution in [0.5, 0.6) is 0 Å². The molecule has 0 radical (unpaired) electrons. The number of nitrogens with one attached hydrogen (secondary N) is 1. The SMILES string of the molecule is CCCNC(C)c1ccc(Sc2ccc(F)cc2)c(Cl)c1. The first-order valence-corrected chi connectivity index (χ1v) is 8.26. The maximum atomic E-state index is 12.9. The summed E-state index contributed by atoms with van der Waals surface area (Å²) in [6.07, 6.45) is 1.11. The summed E-state index contributed by atoms with van der Waals surface area (Å²) in [7, 11) is 0. The lowest BCUT2D eigenvalue weighted by molar-refractivity contribution is 0.570. The Hall–Kier alpha value is -1.03. The number of hydrogen-bond donors (Lipinski definition) is 1. The van der Waals surface area contributed by atoms with Crippen LogP contribution in [0.4, 0.5) is 4.39 Å². The van der Waals surface area contributed by atoms with E-state index in [1.54, 1.807) is 23.9 Å².